The summed E-state index contributed by atoms with van der Waals surface area (Å²) in [6.07, 6.45) is 0. The molecule has 2 aromatic carbocycles. The number of benzene rings is 2. The topological polar surface area (TPSA) is 58.6 Å². The first-order valence-corrected chi connectivity index (χ1v) is 8.87. The fraction of sp³-hybridized carbons (Fsp3) is 0.263. The van der Waals surface area contributed by atoms with Crippen molar-refractivity contribution in [2.45, 2.75) is 13.5 Å². The van der Waals surface area contributed by atoms with Crippen molar-refractivity contribution in [3.63, 3.8) is 0 Å². The van der Waals surface area contributed by atoms with Gasteiger partial charge in [-0.15, -0.1) is 0 Å². The maximum atomic E-state index is 12.9. The van der Waals surface area contributed by atoms with E-state index in [0.717, 1.165) is 5.56 Å². The van der Waals surface area contributed by atoms with Gasteiger partial charge in [-0.25, -0.2) is 4.39 Å². The molecule has 0 heterocycles. The standard InChI is InChI=1S/C19H20BrFN2O3/c1-3-23(19(25)16-10-15(26-2)8-9-17(16)20)12-18(24)22-11-13-4-6-14(21)7-5-13/h4-10H,3,11-12H2,1-2H3,(H,22,24). The molecule has 0 aromatic heterocycles. The van der Waals surface area contributed by atoms with Gasteiger partial charge < -0.3 is 15.0 Å². The van der Waals surface area contributed by atoms with E-state index in [-0.39, 0.29) is 30.7 Å². The van der Waals surface area contributed by atoms with Crippen LogP contribution in [0.3, 0.4) is 0 Å². The predicted octanol–water partition coefficient (Wildman–Crippen LogP) is 3.38. The van der Waals surface area contributed by atoms with Gasteiger partial charge in [-0.1, -0.05) is 12.1 Å². The summed E-state index contributed by atoms with van der Waals surface area (Å²) in [6, 6.07) is 11.0. The Bertz CT molecular complexity index is 781. The molecule has 7 heteroatoms. The largest absolute Gasteiger partial charge is 0.497 e. The summed E-state index contributed by atoms with van der Waals surface area (Å²) in [7, 11) is 1.53. The summed E-state index contributed by atoms with van der Waals surface area (Å²) >= 11 is 3.36. The van der Waals surface area contributed by atoms with Gasteiger partial charge in [0.25, 0.3) is 5.91 Å². The smallest absolute Gasteiger partial charge is 0.255 e. The third-order valence-electron chi connectivity index (χ3n) is 3.81. The van der Waals surface area contributed by atoms with Crippen LogP contribution in [0.25, 0.3) is 0 Å². The Kier molecular flexibility index (Phi) is 7.15. The summed E-state index contributed by atoms with van der Waals surface area (Å²) in [5, 5.41) is 2.74. The highest BCUT2D eigenvalue weighted by Gasteiger charge is 2.20. The van der Waals surface area contributed by atoms with Crippen LogP contribution < -0.4 is 10.1 Å². The van der Waals surface area contributed by atoms with E-state index in [9.17, 15) is 14.0 Å². The highest BCUT2D eigenvalue weighted by atomic mass is 79.9. The molecule has 0 aliphatic carbocycles. The van der Waals surface area contributed by atoms with Crippen LogP contribution in [-0.2, 0) is 11.3 Å². The Morgan fingerprint density at radius 3 is 2.50 bits per heavy atom. The number of methoxy groups -OCH3 is 1. The summed E-state index contributed by atoms with van der Waals surface area (Å²) in [6.45, 7) is 2.39. The Morgan fingerprint density at radius 1 is 1.19 bits per heavy atom. The molecule has 0 aliphatic rings. The lowest BCUT2D eigenvalue weighted by molar-refractivity contribution is -0.121. The van der Waals surface area contributed by atoms with Crippen LogP contribution in [0.5, 0.6) is 5.75 Å². The number of amides is 2. The summed E-state index contributed by atoms with van der Waals surface area (Å²) < 4.78 is 18.7. The number of hydrogen-bond acceptors (Lipinski definition) is 3. The van der Waals surface area contributed by atoms with E-state index in [0.29, 0.717) is 22.3 Å². The fourth-order valence-corrected chi connectivity index (χ4v) is 2.74. The summed E-state index contributed by atoms with van der Waals surface area (Å²) in [4.78, 5) is 26.4. The lowest BCUT2D eigenvalue weighted by Gasteiger charge is -2.21. The lowest BCUT2D eigenvalue weighted by Crippen LogP contribution is -2.40. The molecule has 0 saturated carbocycles. The Hall–Kier alpha value is -2.41. The molecule has 0 aliphatic heterocycles. The molecule has 0 fully saturated rings. The maximum absolute atomic E-state index is 12.9. The number of rotatable bonds is 7. The third-order valence-corrected chi connectivity index (χ3v) is 4.50. The second-order valence-corrected chi connectivity index (χ2v) is 6.42. The van der Waals surface area contributed by atoms with E-state index in [2.05, 4.69) is 21.2 Å². The molecule has 0 bridgehead atoms. The molecule has 0 unspecified atom stereocenters. The van der Waals surface area contributed by atoms with E-state index in [1.165, 1.54) is 24.1 Å². The van der Waals surface area contributed by atoms with E-state index < -0.39 is 0 Å². The fourth-order valence-electron chi connectivity index (χ4n) is 2.32. The average Bonchev–Trinajstić information content (AvgIpc) is 2.65. The minimum Gasteiger partial charge on any atom is -0.497 e. The van der Waals surface area contributed by atoms with E-state index in [4.69, 9.17) is 4.74 Å². The van der Waals surface area contributed by atoms with Gasteiger partial charge in [-0.05, 0) is 58.7 Å². The molecule has 2 rings (SSSR count). The van der Waals surface area contributed by atoms with Crippen LogP contribution >= 0.6 is 15.9 Å². The molecule has 0 saturated heterocycles. The number of carbonyl (C=O) groups is 2. The molecular weight excluding hydrogens is 403 g/mol. The number of likely N-dealkylation sites (N-methyl/N-ethyl adjacent to an activating group) is 1. The molecule has 2 amide bonds. The van der Waals surface area contributed by atoms with E-state index in [1.54, 1.807) is 37.3 Å². The highest BCUT2D eigenvalue weighted by molar-refractivity contribution is 9.10. The first-order chi connectivity index (χ1) is 12.4. The number of hydrogen-bond donors (Lipinski definition) is 1. The van der Waals surface area contributed by atoms with Crippen molar-refractivity contribution in [1.29, 1.82) is 0 Å². The molecule has 2 aromatic rings. The first kappa shape index (κ1) is 19.9. The van der Waals surface area contributed by atoms with Gasteiger partial charge in [0.2, 0.25) is 5.91 Å². The molecule has 1 N–H and O–H groups in total. The van der Waals surface area contributed by atoms with Crippen LogP contribution in [0.2, 0.25) is 0 Å². The normalized spacial score (nSPS) is 10.3. The second kappa shape index (κ2) is 9.33. The Morgan fingerprint density at radius 2 is 1.88 bits per heavy atom. The monoisotopic (exact) mass is 422 g/mol. The van der Waals surface area contributed by atoms with Crippen LogP contribution in [0.4, 0.5) is 4.39 Å². The van der Waals surface area contributed by atoms with Gasteiger partial charge in [0, 0.05) is 17.6 Å². The molecular formula is C19H20BrFN2O3. The van der Waals surface area contributed by atoms with Gasteiger partial charge in [0.15, 0.2) is 0 Å². The Labute approximate surface area is 160 Å². The van der Waals surface area contributed by atoms with E-state index >= 15 is 0 Å². The maximum Gasteiger partial charge on any atom is 0.255 e. The SMILES string of the molecule is CCN(CC(=O)NCc1ccc(F)cc1)C(=O)c1cc(OC)ccc1Br. The number of halogens is 2. The van der Waals surface area contributed by atoms with Crippen molar-refractivity contribution in [3.05, 3.63) is 63.9 Å². The highest BCUT2D eigenvalue weighted by Crippen LogP contribution is 2.23. The molecule has 0 radical (unpaired) electrons. The number of nitrogens with one attached hydrogen (secondary N) is 1. The van der Waals surface area contributed by atoms with Crippen molar-refractivity contribution in [2.24, 2.45) is 0 Å². The van der Waals surface area contributed by atoms with Crippen molar-refractivity contribution >= 4 is 27.7 Å². The van der Waals surface area contributed by atoms with Crippen LogP contribution in [0.1, 0.15) is 22.8 Å². The van der Waals surface area contributed by atoms with Gasteiger partial charge in [0.1, 0.15) is 11.6 Å². The predicted molar refractivity (Wildman–Crippen MR) is 101 cm³/mol. The van der Waals surface area contributed by atoms with Crippen molar-refractivity contribution in [2.75, 3.05) is 20.2 Å². The van der Waals surface area contributed by atoms with E-state index in [1.807, 2.05) is 0 Å². The van der Waals surface area contributed by atoms with Crippen LogP contribution in [0, 0.1) is 5.82 Å². The van der Waals surface area contributed by atoms with Gasteiger partial charge in [-0.3, -0.25) is 9.59 Å². The third kappa shape index (κ3) is 5.29. The van der Waals surface area contributed by atoms with Gasteiger partial charge in [0.05, 0.1) is 19.2 Å². The van der Waals surface area contributed by atoms with Crippen molar-refractivity contribution < 1.29 is 18.7 Å². The minimum atomic E-state index is -0.327. The zero-order chi connectivity index (χ0) is 19.1. The second-order valence-electron chi connectivity index (χ2n) is 5.57. The lowest BCUT2D eigenvalue weighted by atomic mass is 10.2. The number of nitrogens with zero attached hydrogens (tertiary/aromatic N) is 1. The van der Waals surface area contributed by atoms with Crippen molar-refractivity contribution in [3.8, 4) is 5.75 Å². The minimum absolute atomic E-state index is 0.0693. The molecule has 26 heavy (non-hydrogen) atoms. The number of carbonyl (C=O) groups excluding carboxylic acids is 2. The summed E-state index contributed by atoms with van der Waals surface area (Å²) in [5.41, 5.74) is 1.21. The Balaban J connectivity index is 2.00. The van der Waals surface area contributed by atoms with Gasteiger partial charge in [-0.2, -0.15) is 0 Å². The first-order valence-electron chi connectivity index (χ1n) is 8.08. The summed E-state index contributed by atoms with van der Waals surface area (Å²) in [5.74, 6) is -0.321. The number of ether oxygens (including phenoxy) is 1. The molecule has 0 spiro atoms. The van der Waals surface area contributed by atoms with Crippen molar-refractivity contribution in [1.82, 2.24) is 10.2 Å². The zero-order valence-corrected chi connectivity index (χ0v) is 16.2. The molecule has 0 atom stereocenters. The van der Waals surface area contributed by atoms with Crippen LogP contribution in [0.15, 0.2) is 46.9 Å². The average molecular weight is 423 g/mol. The molecule has 5 nitrogen and oxygen atoms in total. The quantitative estimate of drug-likeness (QED) is 0.743. The zero-order valence-electron chi connectivity index (χ0n) is 14.6. The van der Waals surface area contributed by atoms with Gasteiger partial charge >= 0.3 is 0 Å². The molecule has 138 valence electrons. The van der Waals surface area contributed by atoms with Crippen LogP contribution in [-0.4, -0.2) is 36.9 Å².